The van der Waals surface area contributed by atoms with Gasteiger partial charge in [-0.05, 0) is 46.2 Å². The molecule has 0 aliphatic heterocycles. The molecule has 0 amide bonds. The Bertz CT molecular complexity index is 923. The Labute approximate surface area is 156 Å². The average Bonchev–Trinajstić information content (AvgIpc) is 2.61. The van der Waals surface area contributed by atoms with Crippen molar-refractivity contribution in [1.82, 2.24) is 0 Å². The molecule has 26 heavy (non-hydrogen) atoms. The Morgan fingerprint density at radius 2 is 1.12 bits per heavy atom. The standard InChI is InChI=1S/C24H28N2/c1-15(2)17-13-14-19(18-9-5-7-11-21(18)25)24(23(17)16(3)4)20-10-6-8-12-22(20)26/h5-16H,25-26H2,1-4H3. The molecule has 0 radical (unpaired) electrons. The van der Waals surface area contributed by atoms with E-state index in [1.54, 1.807) is 0 Å². The first kappa shape index (κ1) is 18.1. The van der Waals surface area contributed by atoms with E-state index in [1.165, 1.54) is 16.7 Å². The van der Waals surface area contributed by atoms with Crippen LogP contribution in [0, 0.1) is 0 Å². The van der Waals surface area contributed by atoms with Gasteiger partial charge in [0, 0.05) is 22.5 Å². The monoisotopic (exact) mass is 344 g/mol. The second kappa shape index (κ2) is 7.25. The number of para-hydroxylation sites is 2. The predicted molar refractivity (Wildman–Crippen MR) is 114 cm³/mol. The number of anilines is 2. The number of nitrogens with two attached hydrogens (primary N) is 2. The summed E-state index contributed by atoms with van der Waals surface area (Å²) < 4.78 is 0. The van der Waals surface area contributed by atoms with Gasteiger partial charge in [0.05, 0.1) is 0 Å². The van der Waals surface area contributed by atoms with E-state index in [9.17, 15) is 0 Å². The highest BCUT2D eigenvalue weighted by Gasteiger charge is 2.21. The van der Waals surface area contributed by atoms with Crippen molar-refractivity contribution in [3.8, 4) is 22.3 Å². The van der Waals surface area contributed by atoms with Crippen LogP contribution in [0.5, 0.6) is 0 Å². The van der Waals surface area contributed by atoms with Gasteiger partial charge in [0.1, 0.15) is 0 Å². The molecule has 0 bridgehead atoms. The van der Waals surface area contributed by atoms with Gasteiger partial charge < -0.3 is 11.5 Å². The molecule has 0 atom stereocenters. The molecule has 0 fully saturated rings. The zero-order valence-corrected chi connectivity index (χ0v) is 16.1. The Morgan fingerprint density at radius 3 is 1.62 bits per heavy atom. The molecule has 0 unspecified atom stereocenters. The number of hydrogen-bond donors (Lipinski definition) is 2. The summed E-state index contributed by atoms with van der Waals surface area (Å²) in [5.74, 6) is 0.824. The number of benzene rings is 3. The quantitative estimate of drug-likeness (QED) is 0.536. The van der Waals surface area contributed by atoms with Crippen LogP contribution in [0.15, 0.2) is 60.7 Å². The molecule has 4 N–H and O–H groups in total. The minimum absolute atomic E-state index is 0.381. The number of rotatable bonds is 4. The third kappa shape index (κ3) is 3.20. The first-order valence-corrected chi connectivity index (χ1v) is 9.28. The van der Waals surface area contributed by atoms with E-state index < -0.39 is 0 Å². The summed E-state index contributed by atoms with van der Waals surface area (Å²) >= 11 is 0. The van der Waals surface area contributed by atoms with Crippen LogP contribution in [0.25, 0.3) is 22.3 Å². The van der Waals surface area contributed by atoms with Crippen LogP contribution in [0.4, 0.5) is 11.4 Å². The minimum atomic E-state index is 0.381. The zero-order valence-electron chi connectivity index (χ0n) is 16.1. The summed E-state index contributed by atoms with van der Waals surface area (Å²) in [6.45, 7) is 9.00. The molecular weight excluding hydrogens is 316 g/mol. The summed E-state index contributed by atoms with van der Waals surface area (Å²) in [7, 11) is 0. The molecule has 3 rings (SSSR count). The first-order chi connectivity index (χ1) is 12.4. The summed E-state index contributed by atoms with van der Waals surface area (Å²) in [6, 6.07) is 20.6. The van der Waals surface area contributed by atoms with Crippen molar-refractivity contribution in [2.75, 3.05) is 11.5 Å². The van der Waals surface area contributed by atoms with Crippen LogP contribution in [0.3, 0.4) is 0 Å². The lowest BCUT2D eigenvalue weighted by molar-refractivity contribution is 0.792. The zero-order chi connectivity index (χ0) is 18.8. The Balaban J connectivity index is 2.45. The van der Waals surface area contributed by atoms with E-state index in [2.05, 4.69) is 58.0 Å². The lowest BCUT2D eigenvalue weighted by atomic mass is 9.80. The van der Waals surface area contributed by atoms with Crippen LogP contribution >= 0.6 is 0 Å². The van der Waals surface area contributed by atoms with Gasteiger partial charge in [-0.15, -0.1) is 0 Å². The molecule has 2 heteroatoms. The van der Waals surface area contributed by atoms with Gasteiger partial charge in [0.2, 0.25) is 0 Å². The van der Waals surface area contributed by atoms with Crippen LogP contribution in [-0.4, -0.2) is 0 Å². The lowest BCUT2D eigenvalue weighted by Crippen LogP contribution is -2.05. The summed E-state index contributed by atoms with van der Waals surface area (Å²) in [6.07, 6.45) is 0. The second-order valence-electron chi connectivity index (χ2n) is 7.47. The van der Waals surface area contributed by atoms with Crippen LogP contribution in [-0.2, 0) is 0 Å². The van der Waals surface area contributed by atoms with Crippen molar-refractivity contribution in [1.29, 1.82) is 0 Å². The van der Waals surface area contributed by atoms with Crippen molar-refractivity contribution in [2.24, 2.45) is 0 Å². The van der Waals surface area contributed by atoms with Gasteiger partial charge in [-0.1, -0.05) is 76.2 Å². The van der Waals surface area contributed by atoms with Gasteiger partial charge >= 0.3 is 0 Å². The third-order valence-electron chi connectivity index (χ3n) is 4.96. The van der Waals surface area contributed by atoms with Crippen molar-refractivity contribution in [3.63, 3.8) is 0 Å². The SMILES string of the molecule is CC(C)c1ccc(-c2ccccc2N)c(-c2ccccc2N)c1C(C)C. The van der Waals surface area contributed by atoms with E-state index in [4.69, 9.17) is 11.5 Å². The highest BCUT2D eigenvalue weighted by Crippen LogP contribution is 2.44. The van der Waals surface area contributed by atoms with E-state index in [1.807, 2.05) is 30.3 Å². The predicted octanol–water partition coefficient (Wildman–Crippen LogP) is 6.43. The molecule has 0 saturated carbocycles. The fraction of sp³-hybridized carbons (Fsp3) is 0.250. The van der Waals surface area contributed by atoms with Gasteiger partial charge in [0.15, 0.2) is 0 Å². The molecule has 134 valence electrons. The number of nitrogen functional groups attached to an aromatic ring is 2. The molecule has 0 aromatic heterocycles. The fourth-order valence-corrected chi connectivity index (χ4v) is 3.74. The number of hydrogen-bond acceptors (Lipinski definition) is 2. The molecular formula is C24H28N2. The Morgan fingerprint density at radius 1 is 0.577 bits per heavy atom. The Hall–Kier alpha value is -2.74. The summed E-state index contributed by atoms with van der Waals surface area (Å²) in [4.78, 5) is 0. The fourth-order valence-electron chi connectivity index (χ4n) is 3.74. The second-order valence-corrected chi connectivity index (χ2v) is 7.47. The van der Waals surface area contributed by atoms with Crippen LogP contribution < -0.4 is 11.5 Å². The van der Waals surface area contributed by atoms with Gasteiger partial charge in [0.25, 0.3) is 0 Å². The smallest absolute Gasteiger partial charge is 0.0394 e. The van der Waals surface area contributed by atoms with Crippen LogP contribution in [0.2, 0.25) is 0 Å². The molecule has 0 saturated heterocycles. The van der Waals surface area contributed by atoms with Gasteiger partial charge in [-0.25, -0.2) is 0 Å². The van der Waals surface area contributed by atoms with Crippen molar-refractivity contribution < 1.29 is 0 Å². The lowest BCUT2D eigenvalue weighted by Gasteiger charge is -2.25. The van der Waals surface area contributed by atoms with Crippen molar-refractivity contribution in [3.05, 3.63) is 71.8 Å². The van der Waals surface area contributed by atoms with Gasteiger partial charge in [-0.3, -0.25) is 0 Å². The van der Waals surface area contributed by atoms with Crippen molar-refractivity contribution in [2.45, 2.75) is 39.5 Å². The molecule has 0 aliphatic carbocycles. The van der Waals surface area contributed by atoms with E-state index >= 15 is 0 Å². The molecule has 3 aromatic rings. The Kier molecular flexibility index (Phi) is 5.03. The normalized spacial score (nSPS) is 11.3. The molecule has 0 aliphatic rings. The molecule has 0 spiro atoms. The molecule has 3 aromatic carbocycles. The maximum Gasteiger partial charge on any atom is 0.0394 e. The third-order valence-corrected chi connectivity index (χ3v) is 4.96. The topological polar surface area (TPSA) is 52.0 Å². The van der Waals surface area contributed by atoms with Gasteiger partial charge in [-0.2, -0.15) is 0 Å². The highest BCUT2D eigenvalue weighted by molar-refractivity contribution is 5.94. The largest absolute Gasteiger partial charge is 0.398 e. The maximum absolute atomic E-state index is 6.40. The molecule has 0 heterocycles. The summed E-state index contributed by atoms with van der Waals surface area (Å²) in [5.41, 5.74) is 21.5. The van der Waals surface area contributed by atoms with E-state index in [0.717, 1.165) is 28.1 Å². The van der Waals surface area contributed by atoms with E-state index in [-0.39, 0.29) is 0 Å². The first-order valence-electron chi connectivity index (χ1n) is 9.28. The summed E-state index contributed by atoms with van der Waals surface area (Å²) in [5, 5.41) is 0. The van der Waals surface area contributed by atoms with E-state index in [0.29, 0.717) is 11.8 Å². The van der Waals surface area contributed by atoms with Crippen molar-refractivity contribution >= 4 is 11.4 Å². The minimum Gasteiger partial charge on any atom is -0.398 e. The van der Waals surface area contributed by atoms with Crippen LogP contribution in [0.1, 0.15) is 50.7 Å². The highest BCUT2D eigenvalue weighted by atomic mass is 14.6. The maximum atomic E-state index is 6.40. The molecule has 2 nitrogen and oxygen atoms in total. The average molecular weight is 345 g/mol.